The molecule has 0 aromatic rings. The normalized spacial score (nSPS) is 13.1. The second-order valence-electron chi connectivity index (χ2n) is 4.06. The first-order chi connectivity index (χ1) is 6.57. The zero-order chi connectivity index (χ0) is 11.0. The monoisotopic (exact) mass is 201 g/mol. The van der Waals surface area contributed by atoms with Crippen molar-refractivity contribution >= 4 is 5.97 Å². The molecule has 0 amide bonds. The highest BCUT2D eigenvalue weighted by atomic mass is 16.4. The number of hydrogen-bond acceptors (Lipinski definition) is 2. The summed E-state index contributed by atoms with van der Waals surface area (Å²) >= 11 is 0. The maximum Gasteiger partial charge on any atom is 0.320 e. The molecule has 84 valence electrons. The lowest BCUT2D eigenvalue weighted by Crippen LogP contribution is -2.40. The van der Waals surface area contributed by atoms with Gasteiger partial charge in [0.05, 0.1) is 0 Å². The predicted octanol–water partition coefficient (Wildman–Crippen LogP) is 2.41. The van der Waals surface area contributed by atoms with Crippen LogP contribution in [-0.4, -0.2) is 23.2 Å². The molecule has 0 spiro atoms. The lowest BCUT2D eigenvalue weighted by molar-refractivity contribution is -0.139. The van der Waals surface area contributed by atoms with E-state index in [9.17, 15) is 4.79 Å². The molecule has 0 aliphatic rings. The van der Waals surface area contributed by atoms with Gasteiger partial charge in [-0.15, -0.1) is 0 Å². The summed E-state index contributed by atoms with van der Waals surface area (Å²) in [7, 11) is 0. The number of carbonyl (C=O) groups is 1. The molecule has 0 saturated heterocycles. The Morgan fingerprint density at radius 3 is 2.36 bits per heavy atom. The van der Waals surface area contributed by atoms with Gasteiger partial charge < -0.3 is 10.4 Å². The number of aliphatic carboxylic acids is 1. The third-order valence-electron chi connectivity index (χ3n) is 2.18. The van der Waals surface area contributed by atoms with Crippen LogP contribution in [0, 0.1) is 0 Å². The van der Waals surface area contributed by atoms with Crippen LogP contribution in [0.1, 0.15) is 52.9 Å². The second kappa shape index (κ2) is 7.80. The number of nitrogens with one attached hydrogen (secondary N) is 1. The average Bonchev–Trinajstić information content (AvgIpc) is 2.09. The Morgan fingerprint density at radius 2 is 1.93 bits per heavy atom. The van der Waals surface area contributed by atoms with Gasteiger partial charge in [0.15, 0.2) is 0 Å². The van der Waals surface area contributed by atoms with E-state index in [-0.39, 0.29) is 12.1 Å². The molecule has 0 fully saturated rings. The molecule has 3 heteroatoms. The van der Waals surface area contributed by atoms with Crippen molar-refractivity contribution in [3.63, 3.8) is 0 Å². The molecule has 0 aromatic heterocycles. The molecule has 1 unspecified atom stereocenters. The Bertz CT molecular complexity index is 157. The Morgan fingerprint density at radius 1 is 1.29 bits per heavy atom. The Kier molecular flexibility index (Phi) is 7.48. The summed E-state index contributed by atoms with van der Waals surface area (Å²) in [6.07, 6.45) is 5.28. The van der Waals surface area contributed by atoms with Crippen molar-refractivity contribution in [3.05, 3.63) is 0 Å². The lowest BCUT2D eigenvalue weighted by atomic mass is 10.1. The van der Waals surface area contributed by atoms with E-state index in [0.717, 1.165) is 19.3 Å². The van der Waals surface area contributed by atoms with Crippen LogP contribution in [0.25, 0.3) is 0 Å². The van der Waals surface area contributed by atoms with Gasteiger partial charge >= 0.3 is 5.97 Å². The standard InChI is InChI=1S/C11H23NO2/c1-4-5-6-7-8-10(11(13)14)12-9(2)3/h9-10,12H,4-8H2,1-3H3,(H,13,14). The van der Waals surface area contributed by atoms with Gasteiger partial charge in [-0.2, -0.15) is 0 Å². The molecule has 2 N–H and O–H groups in total. The van der Waals surface area contributed by atoms with Gasteiger partial charge in [-0.25, -0.2) is 0 Å². The summed E-state index contributed by atoms with van der Waals surface area (Å²) < 4.78 is 0. The van der Waals surface area contributed by atoms with E-state index < -0.39 is 5.97 Å². The van der Waals surface area contributed by atoms with Gasteiger partial charge in [0.1, 0.15) is 6.04 Å². The van der Waals surface area contributed by atoms with E-state index in [1.54, 1.807) is 0 Å². The molecule has 0 radical (unpaired) electrons. The number of unbranched alkanes of at least 4 members (excludes halogenated alkanes) is 3. The second-order valence-corrected chi connectivity index (χ2v) is 4.06. The molecule has 1 atom stereocenters. The Balaban J connectivity index is 3.68. The minimum atomic E-state index is -0.727. The molecule has 0 aliphatic heterocycles. The van der Waals surface area contributed by atoms with Crippen LogP contribution in [0.5, 0.6) is 0 Å². The van der Waals surface area contributed by atoms with Crippen molar-refractivity contribution in [1.82, 2.24) is 5.32 Å². The molecule has 0 saturated carbocycles. The van der Waals surface area contributed by atoms with Gasteiger partial charge in [0.2, 0.25) is 0 Å². The molecule has 3 nitrogen and oxygen atoms in total. The van der Waals surface area contributed by atoms with E-state index in [0.29, 0.717) is 0 Å². The summed E-state index contributed by atoms with van der Waals surface area (Å²) in [6.45, 7) is 6.10. The highest BCUT2D eigenvalue weighted by Gasteiger charge is 2.16. The van der Waals surface area contributed by atoms with E-state index in [4.69, 9.17) is 5.11 Å². The SMILES string of the molecule is CCCCCCC(NC(C)C)C(=O)O. The smallest absolute Gasteiger partial charge is 0.320 e. The molecule has 0 heterocycles. The Hall–Kier alpha value is -0.570. The van der Waals surface area contributed by atoms with Crippen LogP contribution in [0.15, 0.2) is 0 Å². The minimum Gasteiger partial charge on any atom is -0.480 e. The van der Waals surface area contributed by atoms with Gasteiger partial charge in [-0.1, -0.05) is 46.5 Å². The molecule has 0 aliphatic carbocycles. The maximum atomic E-state index is 10.8. The molecule has 14 heavy (non-hydrogen) atoms. The first kappa shape index (κ1) is 13.4. The van der Waals surface area contributed by atoms with Gasteiger partial charge in [0, 0.05) is 6.04 Å². The third kappa shape index (κ3) is 6.89. The van der Waals surface area contributed by atoms with Crippen molar-refractivity contribution in [2.45, 2.75) is 65.0 Å². The molecule has 0 rings (SSSR count). The van der Waals surface area contributed by atoms with Gasteiger partial charge in [-0.3, -0.25) is 4.79 Å². The average molecular weight is 201 g/mol. The van der Waals surface area contributed by atoms with E-state index in [2.05, 4.69) is 12.2 Å². The van der Waals surface area contributed by atoms with Gasteiger partial charge in [0.25, 0.3) is 0 Å². The summed E-state index contributed by atoms with van der Waals surface area (Å²) in [4.78, 5) is 10.8. The highest BCUT2D eigenvalue weighted by Crippen LogP contribution is 2.06. The fraction of sp³-hybridized carbons (Fsp3) is 0.909. The van der Waals surface area contributed by atoms with E-state index in [1.165, 1.54) is 12.8 Å². The van der Waals surface area contributed by atoms with Crippen LogP contribution in [0.3, 0.4) is 0 Å². The number of carboxylic acids is 1. The zero-order valence-corrected chi connectivity index (χ0v) is 9.55. The topological polar surface area (TPSA) is 49.3 Å². The molecular weight excluding hydrogens is 178 g/mol. The quantitative estimate of drug-likeness (QED) is 0.593. The number of hydrogen-bond donors (Lipinski definition) is 2. The number of carboxylic acid groups (broad SMARTS) is 1. The maximum absolute atomic E-state index is 10.8. The van der Waals surface area contributed by atoms with E-state index in [1.807, 2.05) is 13.8 Å². The third-order valence-corrected chi connectivity index (χ3v) is 2.18. The van der Waals surface area contributed by atoms with Crippen molar-refractivity contribution in [3.8, 4) is 0 Å². The summed E-state index contributed by atoms with van der Waals surface area (Å²) in [5, 5.41) is 12.0. The van der Waals surface area contributed by atoms with E-state index >= 15 is 0 Å². The molecular formula is C11H23NO2. The van der Waals surface area contributed by atoms with Crippen molar-refractivity contribution in [2.75, 3.05) is 0 Å². The number of rotatable bonds is 8. The first-order valence-corrected chi connectivity index (χ1v) is 5.56. The molecule has 0 aromatic carbocycles. The fourth-order valence-corrected chi connectivity index (χ4v) is 1.46. The minimum absolute atomic E-state index is 0.238. The summed E-state index contributed by atoms with van der Waals surface area (Å²) in [6, 6.07) is -0.130. The van der Waals surface area contributed by atoms with Crippen LogP contribution in [0.2, 0.25) is 0 Å². The first-order valence-electron chi connectivity index (χ1n) is 5.56. The molecule has 0 bridgehead atoms. The van der Waals surface area contributed by atoms with Crippen molar-refractivity contribution in [1.29, 1.82) is 0 Å². The Labute approximate surface area is 86.9 Å². The predicted molar refractivity (Wildman–Crippen MR) is 58.5 cm³/mol. The van der Waals surface area contributed by atoms with Gasteiger partial charge in [-0.05, 0) is 6.42 Å². The zero-order valence-electron chi connectivity index (χ0n) is 9.55. The van der Waals surface area contributed by atoms with Crippen molar-refractivity contribution in [2.24, 2.45) is 0 Å². The lowest BCUT2D eigenvalue weighted by Gasteiger charge is -2.16. The van der Waals surface area contributed by atoms with Crippen molar-refractivity contribution < 1.29 is 9.90 Å². The highest BCUT2D eigenvalue weighted by molar-refractivity contribution is 5.73. The summed E-state index contributed by atoms with van der Waals surface area (Å²) in [5.41, 5.74) is 0. The largest absolute Gasteiger partial charge is 0.480 e. The fourth-order valence-electron chi connectivity index (χ4n) is 1.46. The van der Waals surface area contributed by atoms with Crippen LogP contribution < -0.4 is 5.32 Å². The van der Waals surface area contributed by atoms with Crippen LogP contribution in [0.4, 0.5) is 0 Å². The van der Waals surface area contributed by atoms with Crippen LogP contribution >= 0.6 is 0 Å². The van der Waals surface area contributed by atoms with Crippen LogP contribution in [-0.2, 0) is 4.79 Å². The summed E-state index contributed by atoms with van der Waals surface area (Å²) in [5.74, 6) is -0.727.